The number of carbonyl (C=O) groups excluding carboxylic acids is 1. The Balaban J connectivity index is 0. The van der Waals surface area contributed by atoms with Gasteiger partial charge in [-0.25, -0.2) is 19.9 Å². The van der Waals surface area contributed by atoms with Gasteiger partial charge in [-0.15, -0.1) is 0 Å². The van der Waals surface area contributed by atoms with Gasteiger partial charge < -0.3 is 9.47 Å². The van der Waals surface area contributed by atoms with E-state index in [4.69, 9.17) is 0 Å². The summed E-state index contributed by atoms with van der Waals surface area (Å²) >= 11 is 2.71. The van der Waals surface area contributed by atoms with Crippen LogP contribution < -0.4 is 9.47 Å². The van der Waals surface area contributed by atoms with Crippen LogP contribution in [0, 0.1) is 0 Å². The highest BCUT2D eigenvalue weighted by Gasteiger charge is 2.37. The molecule has 0 N–H and O–H groups in total. The minimum absolute atomic E-state index is 0. The first kappa shape index (κ1) is 28.7. The molecule has 0 atom stereocenters. The van der Waals surface area contributed by atoms with E-state index >= 15 is 0 Å². The van der Waals surface area contributed by atoms with E-state index in [0.29, 0.717) is 6.33 Å². The Morgan fingerprint density at radius 3 is 1.62 bits per heavy atom. The molecule has 0 aliphatic heterocycles. The number of ether oxygens (including phenoxy) is 2. The van der Waals surface area contributed by atoms with Crippen LogP contribution in [0.2, 0.25) is 0 Å². The van der Waals surface area contributed by atoms with Crippen LogP contribution in [-0.4, -0.2) is 40.4 Å². The molecule has 2 aromatic rings. The molecule has 2 aromatic heterocycles. The summed E-state index contributed by atoms with van der Waals surface area (Å²) in [6.07, 6.45) is -7.69. The molecular weight excluding hydrogens is 478 g/mol. The van der Waals surface area contributed by atoms with Crippen molar-refractivity contribution in [3.63, 3.8) is 0 Å². The van der Waals surface area contributed by atoms with Gasteiger partial charge in [0.1, 0.15) is 22.7 Å². The van der Waals surface area contributed by atoms with E-state index in [1.165, 1.54) is 7.11 Å². The van der Waals surface area contributed by atoms with Gasteiger partial charge in [-0.1, -0.05) is 14.9 Å². The van der Waals surface area contributed by atoms with E-state index in [1.54, 1.807) is 0 Å². The summed E-state index contributed by atoms with van der Waals surface area (Å²) in [5.41, 5.74) is -3.03. The lowest BCUT2D eigenvalue weighted by molar-refractivity contribution is -0.142. The van der Waals surface area contributed by atoms with Gasteiger partial charge in [-0.2, -0.15) is 26.3 Å². The van der Waals surface area contributed by atoms with Crippen LogP contribution in [0.25, 0.3) is 0 Å². The molecule has 0 aromatic carbocycles. The zero-order chi connectivity index (χ0) is 20.8. The summed E-state index contributed by atoms with van der Waals surface area (Å²) in [7, 11) is 2.35. The number of methoxy groups -OCH3 is 2. The second kappa shape index (κ2) is 11.5. The fourth-order valence-electron chi connectivity index (χ4n) is 1.57. The van der Waals surface area contributed by atoms with Crippen molar-refractivity contribution in [3.8, 4) is 11.8 Å². The van der Waals surface area contributed by atoms with E-state index in [-0.39, 0.29) is 37.4 Å². The lowest BCUT2D eigenvalue weighted by Crippen LogP contribution is -2.13. The van der Waals surface area contributed by atoms with Crippen LogP contribution in [0.3, 0.4) is 0 Å². The van der Waals surface area contributed by atoms with Crippen molar-refractivity contribution in [3.05, 3.63) is 34.1 Å². The summed E-state index contributed by atoms with van der Waals surface area (Å²) < 4.78 is 82.1. The number of aldehydes is 1. The van der Waals surface area contributed by atoms with Crippen LogP contribution in [0.1, 0.15) is 36.6 Å². The molecule has 0 spiro atoms. The highest BCUT2D eigenvalue weighted by molar-refractivity contribution is 9.10. The van der Waals surface area contributed by atoms with Crippen molar-refractivity contribution in [2.45, 2.75) is 27.2 Å². The van der Waals surface area contributed by atoms with Gasteiger partial charge in [0.05, 0.1) is 14.2 Å². The third kappa shape index (κ3) is 7.44. The Hall–Kier alpha value is -2.51. The van der Waals surface area contributed by atoms with Gasteiger partial charge in [0.15, 0.2) is 17.7 Å². The van der Waals surface area contributed by atoms with Crippen molar-refractivity contribution in [2.24, 2.45) is 0 Å². The summed E-state index contributed by atoms with van der Waals surface area (Å²) in [6.45, 7) is 0. The first-order chi connectivity index (χ1) is 12.5. The Bertz CT molecular complexity index is 803. The Labute approximate surface area is 170 Å². The largest absolute Gasteiger partial charge is 0.480 e. The third-order valence-electron chi connectivity index (χ3n) is 2.65. The molecule has 0 aliphatic carbocycles. The zero-order valence-electron chi connectivity index (χ0n) is 13.4. The van der Waals surface area contributed by atoms with E-state index in [1.807, 2.05) is 0 Å². The second-order valence-electron chi connectivity index (χ2n) is 4.30. The molecule has 0 saturated heterocycles. The SMILES string of the molecule is C.C.COc1ncnc(C(F)(F)F)c1Br.COc1ncnc(C(F)(F)F)c1C=O. The van der Waals surface area contributed by atoms with Gasteiger partial charge in [0, 0.05) is 0 Å². The fraction of sp³-hybridized carbons (Fsp3) is 0.400. The minimum atomic E-state index is -4.69. The highest BCUT2D eigenvalue weighted by Crippen LogP contribution is 2.36. The number of nitrogens with zero attached hydrogens (tertiary/aromatic N) is 4. The molecule has 0 fully saturated rings. The summed E-state index contributed by atoms with van der Waals surface area (Å²) in [5.74, 6) is -0.523. The van der Waals surface area contributed by atoms with Crippen LogP contribution in [0.5, 0.6) is 11.8 Å². The molecule has 14 heteroatoms. The molecule has 0 unspecified atom stereocenters. The van der Waals surface area contributed by atoms with Crippen LogP contribution in [0.4, 0.5) is 26.3 Å². The van der Waals surface area contributed by atoms with Gasteiger partial charge in [-0.3, -0.25) is 4.79 Å². The van der Waals surface area contributed by atoms with Crippen LogP contribution in [-0.2, 0) is 12.4 Å². The van der Waals surface area contributed by atoms with Crippen molar-refractivity contribution in [2.75, 3.05) is 14.2 Å². The van der Waals surface area contributed by atoms with E-state index in [0.717, 1.165) is 13.4 Å². The predicted octanol–water partition coefficient (Wildman–Crippen LogP) is 4.86. The van der Waals surface area contributed by atoms with Crippen molar-refractivity contribution >= 4 is 22.2 Å². The smallest absolute Gasteiger partial charge is 0.434 e. The van der Waals surface area contributed by atoms with Crippen molar-refractivity contribution < 1.29 is 40.6 Å². The van der Waals surface area contributed by atoms with Gasteiger partial charge >= 0.3 is 12.4 Å². The van der Waals surface area contributed by atoms with E-state index in [2.05, 4.69) is 45.3 Å². The maximum absolute atomic E-state index is 12.2. The monoisotopic (exact) mass is 494 g/mol. The van der Waals surface area contributed by atoms with Crippen LogP contribution in [0.15, 0.2) is 17.1 Å². The lowest BCUT2D eigenvalue weighted by Gasteiger charge is -2.09. The maximum Gasteiger partial charge on any atom is 0.434 e. The number of hydrogen-bond donors (Lipinski definition) is 0. The molecule has 2 rings (SSSR count). The molecule has 7 nitrogen and oxygen atoms in total. The molecule has 0 saturated carbocycles. The van der Waals surface area contributed by atoms with Crippen molar-refractivity contribution in [1.29, 1.82) is 0 Å². The Morgan fingerprint density at radius 2 is 1.24 bits per heavy atom. The molecule has 0 amide bonds. The molecule has 0 radical (unpaired) electrons. The first-order valence-corrected chi connectivity index (χ1v) is 7.29. The summed E-state index contributed by atoms with van der Waals surface area (Å²) in [6, 6.07) is 0. The normalized spacial score (nSPS) is 10.5. The standard InChI is InChI=1S/C7H5F3N2O2.C6H4BrF3N2O.2CH4/c1-14-6-4(2-13)5(7(8,9)10)11-3-12-6;1-13-5-3(7)4(6(8,9)10)11-2-12-5;;/h2-3H,1H3;2H,1H3;2*1H4. The fourth-order valence-corrected chi connectivity index (χ4v) is 2.16. The lowest BCUT2D eigenvalue weighted by atomic mass is 10.2. The number of carbonyl (C=O) groups is 1. The molecule has 0 bridgehead atoms. The third-order valence-corrected chi connectivity index (χ3v) is 3.36. The quantitative estimate of drug-likeness (QED) is 0.444. The van der Waals surface area contributed by atoms with Crippen LogP contribution >= 0.6 is 15.9 Å². The minimum Gasteiger partial charge on any atom is -0.480 e. The Morgan fingerprint density at radius 1 is 0.828 bits per heavy atom. The van der Waals surface area contributed by atoms with E-state index in [9.17, 15) is 31.1 Å². The molecule has 164 valence electrons. The first-order valence-electron chi connectivity index (χ1n) is 6.50. The molecule has 2 heterocycles. The summed E-state index contributed by atoms with van der Waals surface area (Å²) in [4.78, 5) is 23.3. The predicted molar refractivity (Wildman–Crippen MR) is 93.7 cm³/mol. The average molecular weight is 495 g/mol. The number of aromatic nitrogens is 4. The topological polar surface area (TPSA) is 87.1 Å². The van der Waals surface area contributed by atoms with Gasteiger partial charge in [0.25, 0.3) is 0 Å². The molecule has 0 aliphatic rings. The average Bonchev–Trinajstić information content (AvgIpc) is 2.59. The number of halogens is 7. The second-order valence-corrected chi connectivity index (χ2v) is 5.10. The van der Waals surface area contributed by atoms with Crippen molar-refractivity contribution in [1.82, 2.24) is 19.9 Å². The summed E-state index contributed by atoms with van der Waals surface area (Å²) in [5, 5.41) is 0. The molecule has 29 heavy (non-hydrogen) atoms. The number of hydrogen-bond acceptors (Lipinski definition) is 7. The van der Waals surface area contributed by atoms with Gasteiger partial charge in [-0.05, 0) is 15.9 Å². The number of alkyl halides is 6. The zero-order valence-corrected chi connectivity index (χ0v) is 15.0. The highest BCUT2D eigenvalue weighted by atomic mass is 79.9. The van der Waals surface area contributed by atoms with E-state index < -0.39 is 29.3 Å². The van der Waals surface area contributed by atoms with Gasteiger partial charge in [0.2, 0.25) is 11.8 Å². The molecular formula is C15H17BrF6N4O3. The Kier molecular flexibility index (Phi) is 11.4. The maximum atomic E-state index is 12.2. The number of rotatable bonds is 3.